The summed E-state index contributed by atoms with van der Waals surface area (Å²) in [5.41, 5.74) is 5.76. The fourth-order valence-electron chi connectivity index (χ4n) is 1.94. The molecule has 2 aromatic heterocycles. The second kappa shape index (κ2) is 5.87. The molecule has 0 aliphatic rings. The molecule has 3 rings (SSSR count). The number of hydrogen-bond acceptors (Lipinski definition) is 3. The SMILES string of the molecule is O=C(NNC(=O)c1cc(Cl)c[nH]1)c1ccc2ccccc2n1. The minimum atomic E-state index is -0.503. The number of rotatable bonds is 2. The summed E-state index contributed by atoms with van der Waals surface area (Å²) in [6, 6.07) is 12.3. The number of carbonyl (C=O) groups is 2. The molecule has 2 heterocycles. The molecule has 0 spiro atoms. The number of hydrazine groups is 1. The molecular weight excluding hydrogens is 304 g/mol. The van der Waals surface area contributed by atoms with Crippen LogP contribution < -0.4 is 10.9 Å². The molecule has 3 N–H and O–H groups in total. The summed E-state index contributed by atoms with van der Waals surface area (Å²) >= 11 is 5.71. The van der Waals surface area contributed by atoms with Crippen molar-refractivity contribution in [2.75, 3.05) is 0 Å². The molecule has 0 aliphatic heterocycles. The molecule has 0 fully saturated rings. The molecule has 0 atom stereocenters. The first-order valence-electron chi connectivity index (χ1n) is 6.44. The molecule has 22 heavy (non-hydrogen) atoms. The van der Waals surface area contributed by atoms with Gasteiger partial charge in [0.25, 0.3) is 11.8 Å². The van der Waals surface area contributed by atoms with E-state index in [9.17, 15) is 9.59 Å². The van der Waals surface area contributed by atoms with Crippen molar-refractivity contribution in [2.24, 2.45) is 0 Å². The first kappa shape index (κ1) is 14.1. The summed E-state index contributed by atoms with van der Waals surface area (Å²) in [6.07, 6.45) is 1.48. The van der Waals surface area contributed by atoms with Gasteiger partial charge < -0.3 is 4.98 Å². The van der Waals surface area contributed by atoms with E-state index in [1.165, 1.54) is 12.3 Å². The van der Waals surface area contributed by atoms with E-state index in [0.717, 1.165) is 5.39 Å². The van der Waals surface area contributed by atoms with Crippen LogP contribution in [0.25, 0.3) is 10.9 Å². The van der Waals surface area contributed by atoms with Gasteiger partial charge >= 0.3 is 0 Å². The molecule has 0 bridgehead atoms. The molecule has 0 saturated carbocycles. The summed E-state index contributed by atoms with van der Waals surface area (Å²) in [6.45, 7) is 0. The van der Waals surface area contributed by atoms with Gasteiger partial charge in [-0.25, -0.2) is 4.98 Å². The van der Waals surface area contributed by atoms with Crippen molar-refractivity contribution in [1.82, 2.24) is 20.8 Å². The number of aromatic amines is 1. The van der Waals surface area contributed by atoms with E-state index in [4.69, 9.17) is 11.6 Å². The topological polar surface area (TPSA) is 86.9 Å². The standard InChI is InChI=1S/C15H11ClN4O2/c16-10-7-13(17-8-10)15(22)20-19-14(21)12-6-5-9-3-1-2-4-11(9)18-12/h1-8,17H,(H,19,21)(H,20,22). The van der Waals surface area contributed by atoms with E-state index in [2.05, 4.69) is 20.8 Å². The third-order valence-electron chi connectivity index (χ3n) is 3.01. The number of benzene rings is 1. The van der Waals surface area contributed by atoms with Gasteiger partial charge in [0.2, 0.25) is 0 Å². The van der Waals surface area contributed by atoms with Crippen LogP contribution in [-0.2, 0) is 0 Å². The Labute approximate surface area is 130 Å². The maximum atomic E-state index is 12.0. The maximum Gasteiger partial charge on any atom is 0.288 e. The van der Waals surface area contributed by atoms with Crippen LogP contribution in [0, 0.1) is 0 Å². The fraction of sp³-hybridized carbons (Fsp3) is 0. The third-order valence-corrected chi connectivity index (χ3v) is 3.23. The number of nitrogens with one attached hydrogen (secondary N) is 3. The lowest BCUT2D eigenvalue weighted by atomic mass is 10.2. The van der Waals surface area contributed by atoms with Gasteiger partial charge in [0.1, 0.15) is 11.4 Å². The van der Waals surface area contributed by atoms with Gasteiger partial charge in [-0.3, -0.25) is 20.4 Å². The molecule has 0 radical (unpaired) electrons. The Bertz CT molecular complexity index is 859. The predicted octanol–water partition coefficient (Wildman–Crippen LogP) is 2.29. The summed E-state index contributed by atoms with van der Waals surface area (Å²) in [4.78, 5) is 30.7. The molecule has 7 heteroatoms. The lowest BCUT2D eigenvalue weighted by Gasteiger charge is -2.06. The highest BCUT2D eigenvalue weighted by Gasteiger charge is 2.11. The first-order valence-corrected chi connectivity index (χ1v) is 6.82. The molecule has 3 aromatic rings. The number of pyridine rings is 1. The zero-order chi connectivity index (χ0) is 15.5. The zero-order valence-electron chi connectivity index (χ0n) is 11.3. The highest BCUT2D eigenvalue weighted by atomic mass is 35.5. The molecule has 0 unspecified atom stereocenters. The summed E-state index contributed by atoms with van der Waals surface area (Å²) in [5.74, 6) is -1.00. The number of nitrogens with zero attached hydrogens (tertiary/aromatic N) is 1. The van der Waals surface area contributed by atoms with Crippen molar-refractivity contribution < 1.29 is 9.59 Å². The molecule has 6 nitrogen and oxygen atoms in total. The fourth-order valence-corrected chi connectivity index (χ4v) is 2.10. The molecule has 0 saturated heterocycles. The Morgan fingerprint density at radius 3 is 2.59 bits per heavy atom. The van der Waals surface area contributed by atoms with E-state index in [1.807, 2.05) is 24.3 Å². The van der Waals surface area contributed by atoms with Crippen molar-refractivity contribution in [3.05, 3.63) is 65.1 Å². The van der Waals surface area contributed by atoms with E-state index >= 15 is 0 Å². The van der Waals surface area contributed by atoms with Crippen LogP contribution in [0.2, 0.25) is 5.02 Å². The number of H-pyrrole nitrogens is 1. The molecule has 2 amide bonds. The largest absolute Gasteiger partial charge is 0.356 e. The summed E-state index contributed by atoms with van der Waals surface area (Å²) in [5, 5.41) is 1.34. The van der Waals surface area contributed by atoms with Crippen LogP contribution in [0.4, 0.5) is 0 Å². The van der Waals surface area contributed by atoms with Crippen molar-refractivity contribution in [3.8, 4) is 0 Å². The van der Waals surface area contributed by atoms with Crippen LogP contribution in [0.5, 0.6) is 0 Å². The Kier molecular flexibility index (Phi) is 3.76. The average molecular weight is 315 g/mol. The Hall–Kier alpha value is -2.86. The monoisotopic (exact) mass is 314 g/mol. The van der Waals surface area contributed by atoms with E-state index in [-0.39, 0.29) is 11.4 Å². The number of fused-ring (bicyclic) bond motifs is 1. The van der Waals surface area contributed by atoms with Crippen LogP contribution in [0.3, 0.4) is 0 Å². The highest BCUT2D eigenvalue weighted by Crippen LogP contribution is 2.11. The number of para-hydroxylation sites is 1. The van der Waals surface area contributed by atoms with E-state index in [0.29, 0.717) is 10.5 Å². The minimum absolute atomic E-state index is 0.212. The second-order valence-corrected chi connectivity index (χ2v) is 4.97. The van der Waals surface area contributed by atoms with E-state index < -0.39 is 11.8 Å². The van der Waals surface area contributed by atoms with Crippen LogP contribution >= 0.6 is 11.6 Å². The molecule has 1 aromatic carbocycles. The van der Waals surface area contributed by atoms with Gasteiger partial charge in [-0.15, -0.1) is 0 Å². The summed E-state index contributed by atoms with van der Waals surface area (Å²) in [7, 11) is 0. The smallest absolute Gasteiger partial charge is 0.288 e. The normalized spacial score (nSPS) is 10.4. The van der Waals surface area contributed by atoms with Gasteiger partial charge in [-0.05, 0) is 18.2 Å². The quantitative estimate of drug-likeness (QED) is 0.634. The highest BCUT2D eigenvalue weighted by molar-refractivity contribution is 6.30. The van der Waals surface area contributed by atoms with Crippen LogP contribution in [-0.4, -0.2) is 21.8 Å². The first-order chi connectivity index (χ1) is 10.6. The molecule has 110 valence electrons. The predicted molar refractivity (Wildman–Crippen MR) is 82.5 cm³/mol. The van der Waals surface area contributed by atoms with Crippen molar-refractivity contribution in [1.29, 1.82) is 0 Å². The Morgan fingerprint density at radius 2 is 1.82 bits per heavy atom. The number of hydrogen-bond donors (Lipinski definition) is 3. The van der Waals surface area contributed by atoms with Gasteiger partial charge in [-0.1, -0.05) is 35.9 Å². The number of halogens is 1. The second-order valence-electron chi connectivity index (χ2n) is 4.53. The van der Waals surface area contributed by atoms with Crippen molar-refractivity contribution in [3.63, 3.8) is 0 Å². The van der Waals surface area contributed by atoms with Crippen LogP contribution in [0.15, 0.2) is 48.7 Å². The molecular formula is C15H11ClN4O2. The summed E-state index contributed by atoms with van der Waals surface area (Å²) < 4.78 is 0. The molecule has 0 aliphatic carbocycles. The number of amides is 2. The average Bonchev–Trinajstić information content (AvgIpc) is 2.98. The maximum absolute atomic E-state index is 12.0. The van der Waals surface area contributed by atoms with Gasteiger partial charge in [0.15, 0.2) is 0 Å². The van der Waals surface area contributed by atoms with Gasteiger partial charge in [0.05, 0.1) is 10.5 Å². The third kappa shape index (κ3) is 2.91. The zero-order valence-corrected chi connectivity index (χ0v) is 12.0. The van der Waals surface area contributed by atoms with Crippen molar-refractivity contribution in [2.45, 2.75) is 0 Å². The Morgan fingerprint density at radius 1 is 1.05 bits per heavy atom. The minimum Gasteiger partial charge on any atom is -0.356 e. The number of aromatic nitrogens is 2. The number of carbonyl (C=O) groups excluding carboxylic acids is 2. The van der Waals surface area contributed by atoms with Crippen LogP contribution in [0.1, 0.15) is 21.0 Å². The van der Waals surface area contributed by atoms with Gasteiger partial charge in [0, 0.05) is 11.6 Å². The Balaban J connectivity index is 1.69. The lowest BCUT2D eigenvalue weighted by Crippen LogP contribution is -2.42. The van der Waals surface area contributed by atoms with E-state index in [1.54, 1.807) is 12.1 Å². The lowest BCUT2D eigenvalue weighted by molar-refractivity contribution is 0.0842. The van der Waals surface area contributed by atoms with Gasteiger partial charge in [-0.2, -0.15) is 0 Å². The van der Waals surface area contributed by atoms with Crippen molar-refractivity contribution >= 4 is 34.3 Å².